The van der Waals surface area contributed by atoms with Gasteiger partial charge in [-0.1, -0.05) is 70.0 Å². The number of aryl methyl sites for hydroxylation is 2. The van der Waals surface area contributed by atoms with Gasteiger partial charge in [0, 0.05) is 24.2 Å². The van der Waals surface area contributed by atoms with Crippen LogP contribution in [0.4, 0.5) is 0 Å². The molecular formula is C18H20N2O2Si. The molecule has 2 aromatic rings. The molecule has 3 rings (SSSR count). The zero-order chi connectivity index (χ0) is 16.4. The SMILES string of the molecule is Cc1ccc(C2=NO[Si](C)(C)ON=C2c2ccc(C)cc2)cc1. The van der Waals surface area contributed by atoms with Gasteiger partial charge in [-0.25, -0.2) is 0 Å². The Morgan fingerprint density at radius 1 is 0.652 bits per heavy atom. The summed E-state index contributed by atoms with van der Waals surface area (Å²) in [6, 6.07) is 16.3. The van der Waals surface area contributed by atoms with Crippen molar-refractivity contribution in [2.24, 2.45) is 10.3 Å². The predicted molar refractivity (Wildman–Crippen MR) is 95.1 cm³/mol. The van der Waals surface area contributed by atoms with Crippen molar-refractivity contribution in [3.8, 4) is 0 Å². The summed E-state index contributed by atoms with van der Waals surface area (Å²) in [5.41, 5.74) is 5.72. The van der Waals surface area contributed by atoms with Crippen molar-refractivity contribution >= 4 is 20.0 Å². The number of hydrogen-bond donors (Lipinski definition) is 0. The molecule has 0 aromatic heterocycles. The van der Waals surface area contributed by atoms with Crippen LogP contribution >= 0.6 is 0 Å². The normalized spacial score (nSPS) is 16.5. The summed E-state index contributed by atoms with van der Waals surface area (Å²) < 4.78 is 11.3. The van der Waals surface area contributed by atoms with E-state index in [0.29, 0.717) is 11.4 Å². The van der Waals surface area contributed by atoms with Gasteiger partial charge in [0.15, 0.2) is 0 Å². The molecule has 1 aliphatic rings. The maximum Gasteiger partial charge on any atom is 0.503 e. The summed E-state index contributed by atoms with van der Waals surface area (Å²) in [4.78, 5) is 0. The number of oxime groups is 2. The van der Waals surface area contributed by atoms with Crippen molar-refractivity contribution in [1.29, 1.82) is 0 Å². The van der Waals surface area contributed by atoms with Crippen LogP contribution in [-0.2, 0) is 9.05 Å². The lowest BCUT2D eigenvalue weighted by Gasteiger charge is -2.13. The summed E-state index contributed by atoms with van der Waals surface area (Å²) in [7, 11) is -2.39. The van der Waals surface area contributed by atoms with E-state index in [9.17, 15) is 0 Å². The first kappa shape index (κ1) is 15.5. The average Bonchev–Trinajstić information content (AvgIpc) is 2.68. The zero-order valence-corrected chi connectivity index (χ0v) is 14.8. The second kappa shape index (κ2) is 6.00. The van der Waals surface area contributed by atoms with Gasteiger partial charge in [-0.3, -0.25) is 0 Å². The van der Waals surface area contributed by atoms with Crippen LogP contribution in [0.3, 0.4) is 0 Å². The van der Waals surface area contributed by atoms with Crippen LogP contribution in [0, 0.1) is 13.8 Å². The number of hydrogen-bond acceptors (Lipinski definition) is 4. The number of nitrogens with zero attached hydrogens (tertiary/aromatic N) is 2. The minimum atomic E-state index is -2.39. The van der Waals surface area contributed by atoms with Crippen molar-refractivity contribution in [3.05, 3.63) is 70.8 Å². The van der Waals surface area contributed by atoms with Crippen LogP contribution in [-0.4, -0.2) is 20.0 Å². The minimum Gasteiger partial charge on any atom is -0.408 e. The lowest BCUT2D eigenvalue weighted by molar-refractivity contribution is 0.198. The van der Waals surface area contributed by atoms with E-state index in [-0.39, 0.29) is 0 Å². The predicted octanol–water partition coefficient (Wildman–Crippen LogP) is 4.16. The lowest BCUT2D eigenvalue weighted by atomic mass is 9.98. The Bertz CT molecular complexity index is 697. The maximum atomic E-state index is 5.65. The highest BCUT2D eigenvalue weighted by Gasteiger charge is 2.33. The molecule has 1 aliphatic heterocycles. The van der Waals surface area contributed by atoms with Gasteiger partial charge in [-0.2, -0.15) is 0 Å². The number of rotatable bonds is 2. The summed E-state index contributed by atoms with van der Waals surface area (Å²) in [5, 5.41) is 8.76. The topological polar surface area (TPSA) is 43.2 Å². The molecule has 0 spiro atoms. The van der Waals surface area contributed by atoms with E-state index < -0.39 is 8.56 Å². The van der Waals surface area contributed by atoms with Crippen LogP contribution in [0.15, 0.2) is 58.8 Å². The van der Waals surface area contributed by atoms with Crippen molar-refractivity contribution in [3.63, 3.8) is 0 Å². The molecule has 4 nitrogen and oxygen atoms in total. The molecule has 0 unspecified atom stereocenters. The molecule has 1 heterocycles. The quantitative estimate of drug-likeness (QED) is 0.779. The standard InChI is InChI=1S/C18H20N2O2Si/c1-13-5-9-15(10-6-13)17-18(16-11-7-14(2)8-12-16)20-22-23(3,4)21-19-17/h5-12H,1-4H3. The fraction of sp³-hybridized carbons (Fsp3) is 0.222. The van der Waals surface area contributed by atoms with E-state index in [2.05, 4.69) is 48.4 Å². The van der Waals surface area contributed by atoms with Crippen LogP contribution < -0.4 is 0 Å². The van der Waals surface area contributed by atoms with Gasteiger partial charge >= 0.3 is 8.56 Å². The third-order valence-corrected chi connectivity index (χ3v) is 4.65. The third kappa shape index (κ3) is 3.51. The Labute approximate surface area is 137 Å². The molecule has 23 heavy (non-hydrogen) atoms. The second-order valence-corrected chi connectivity index (χ2v) is 9.36. The molecule has 0 aliphatic carbocycles. The Kier molecular flexibility index (Phi) is 4.04. The van der Waals surface area contributed by atoms with Crippen LogP contribution in [0.25, 0.3) is 0 Å². The van der Waals surface area contributed by atoms with Gasteiger partial charge in [0.2, 0.25) is 0 Å². The first-order chi connectivity index (χ1) is 10.9. The van der Waals surface area contributed by atoms with Crippen LogP contribution in [0.1, 0.15) is 22.3 Å². The smallest absolute Gasteiger partial charge is 0.408 e. The van der Waals surface area contributed by atoms with E-state index in [1.165, 1.54) is 11.1 Å². The van der Waals surface area contributed by atoms with E-state index >= 15 is 0 Å². The van der Waals surface area contributed by atoms with E-state index in [0.717, 1.165) is 11.1 Å². The summed E-state index contributed by atoms with van der Waals surface area (Å²) in [5.74, 6) is 0. The van der Waals surface area contributed by atoms with Crippen molar-refractivity contribution in [2.45, 2.75) is 26.9 Å². The zero-order valence-electron chi connectivity index (χ0n) is 13.8. The molecule has 0 saturated heterocycles. The van der Waals surface area contributed by atoms with Gasteiger partial charge in [0.05, 0.1) is 0 Å². The van der Waals surface area contributed by atoms with Crippen LogP contribution in [0.5, 0.6) is 0 Å². The third-order valence-electron chi connectivity index (χ3n) is 3.59. The second-order valence-electron chi connectivity index (χ2n) is 6.19. The molecule has 118 valence electrons. The van der Waals surface area contributed by atoms with Gasteiger partial charge < -0.3 is 9.05 Å². The van der Waals surface area contributed by atoms with Crippen LogP contribution in [0.2, 0.25) is 13.1 Å². The van der Waals surface area contributed by atoms with E-state index in [4.69, 9.17) is 9.05 Å². The molecule has 0 saturated carbocycles. The molecule has 0 bridgehead atoms. The highest BCUT2D eigenvalue weighted by atomic mass is 28.4. The molecule has 0 fully saturated rings. The van der Waals surface area contributed by atoms with Crippen molar-refractivity contribution in [1.82, 2.24) is 0 Å². The summed E-state index contributed by atoms with van der Waals surface area (Å²) >= 11 is 0. The molecule has 0 atom stereocenters. The lowest BCUT2D eigenvalue weighted by Crippen LogP contribution is -2.29. The molecule has 0 radical (unpaired) electrons. The minimum absolute atomic E-state index is 0.701. The Balaban J connectivity index is 2.09. The van der Waals surface area contributed by atoms with E-state index in [1.807, 2.05) is 37.4 Å². The largest absolute Gasteiger partial charge is 0.503 e. The highest BCUT2D eigenvalue weighted by molar-refractivity contribution is 6.65. The Hall–Kier alpha value is -2.40. The Morgan fingerprint density at radius 2 is 1.00 bits per heavy atom. The fourth-order valence-corrected chi connectivity index (χ4v) is 2.87. The maximum absolute atomic E-state index is 5.65. The average molecular weight is 324 g/mol. The number of benzene rings is 2. The summed E-state index contributed by atoms with van der Waals surface area (Å²) in [6.45, 7) is 7.96. The summed E-state index contributed by atoms with van der Waals surface area (Å²) in [6.07, 6.45) is 0. The van der Waals surface area contributed by atoms with Gasteiger partial charge in [0.1, 0.15) is 11.4 Å². The molecule has 0 N–H and O–H groups in total. The monoisotopic (exact) mass is 324 g/mol. The molecule has 5 heteroatoms. The molecule has 0 amide bonds. The van der Waals surface area contributed by atoms with Gasteiger partial charge in [-0.15, -0.1) is 0 Å². The van der Waals surface area contributed by atoms with Crippen molar-refractivity contribution in [2.75, 3.05) is 0 Å². The molecule has 2 aromatic carbocycles. The van der Waals surface area contributed by atoms with Gasteiger partial charge in [-0.05, 0) is 13.8 Å². The Morgan fingerprint density at radius 3 is 1.35 bits per heavy atom. The molecular weight excluding hydrogens is 304 g/mol. The van der Waals surface area contributed by atoms with Crippen molar-refractivity contribution < 1.29 is 9.05 Å². The first-order valence-corrected chi connectivity index (χ1v) is 10.4. The van der Waals surface area contributed by atoms with Gasteiger partial charge in [0.25, 0.3) is 0 Å². The highest BCUT2D eigenvalue weighted by Crippen LogP contribution is 2.19. The first-order valence-electron chi connectivity index (χ1n) is 7.61. The van der Waals surface area contributed by atoms with E-state index in [1.54, 1.807) is 0 Å². The fourth-order valence-electron chi connectivity index (χ4n) is 2.22.